The number of aromatic nitrogens is 4. The van der Waals surface area contributed by atoms with Gasteiger partial charge in [-0.15, -0.1) is 0 Å². The molecule has 0 aliphatic carbocycles. The lowest BCUT2D eigenvalue weighted by atomic mass is 10.0. The Bertz CT molecular complexity index is 1400. The minimum atomic E-state index is -0.558. The van der Waals surface area contributed by atoms with Crippen molar-refractivity contribution >= 4 is 38.7 Å². The molecule has 1 fully saturated rings. The van der Waals surface area contributed by atoms with Gasteiger partial charge in [0.25, 0.3) is 0 Å². The summed E-state index contributed by atoms with van der Waals surface area (Å²) >= 11 is 1.39. The molecule has 10 nitrogen and oxygen atoms in total. The van der Waals surface area contributed by atoms with Gasteiger partial charge in [-0.1, -0.05) is 17.4 Å². The number of pyridine rings is 1. The maximum Gasteiger partial charge on any atom is 0.323 e. The van der Waals surface area contributed by atoms with Crippen molar-refractivity contribution in [1.82, 2.24) is 30.6 Å². The first-order valence-corrected chi connectivity index (χ1v) is 13.0. The number of carbonyl (C=O) groups is 2. The van der Waals surface area contributed by atoms with Gasteiger partial charge in [0.05, 0.1) is 15.9 Å². The van der Waals surface area contributed by atoms with E-state index in [2.05, 4.69) is 35.9 Å². The summed E-state index contributed by atoms with van der Waals surface area (Å²) in [6.45, 7) is 4.97. The second-order valence-corrected chi connectivity index (χ2v) is 9.65. The number of anilines is 1. The van der Waals surface area contributed by atoms with Crippen LogP contribution in [0, 0.1) is 0 Å². The van der Waals surface area contributed by atoms with Gasteiger partial charge in [-0.05, 0) is 63.1 Å². The summed E-state index contributed by atoms with van der Waals surface area (Å²) in [4.78, 5) is 42.5. The fourth-order valence-corrected chi connectivity index (χ4v) is 5.12. The van der Waals surface area contributed by atoms with E-state index in [9.17, 15) is 9.59 Å². The Hall–Kier alpha value is -3.96. The lowest BCUT2D eigenvalue weighted by molar-refractivity contribution is -0.151. The first-order valence-electron chi connectivity index (χ1n) is 12.2. The molecule has 11 heteroatoms. The normalized spacial score (nSPS) is 15.9. The van der Waals surface area contributed by atoms with Crippen LogP contribution in [0.15, 0.2) is 48.9 Å². The molecule has 1 aliphatic heterocycles. The van der Waals surface area contributed by atoms with Gasteiger partial charge in [-0.2, -0.15) is 0 Å². The lowest BCUT2D eigenvalue weighted by Gasteiger charge is -2.15. The summed E-state index contributed by atoms with van der Waals surface area (Å²) in [5.41, 5.74) is 4.05. The average Bonchev–Trinajstić information content (AvgIpc) is 3.59. The fraction of sp³-hybridized carbons (Fsp3) is 0.308. The van der Waals surface area contributed by atoms with Crippen molar-refractivity contribution in [2.75, 3.05) is 18.4 Å². The zero-order valence-corrected chi connectivity index (χ0v) is 21.3. The van der Waals surface area contributed by atoms with Crippen molar-refractivity contribution in [1.29, 1.82) is 0 Å². The van der Waals surface area contributed by atoms with Gasteiger partial charge >= 0.3 is 12.0 Å². The summed E-state index contributed by atoms with van der Waals surface area (Å²) in [7, 11) is 0. The summed E-state index contributed by atoms with van der Waals surface area (Å²) < 4.78 is 6.48. The number of hydrogen-bond donors (Lipinski definition) is 3. The standard InChI is InChI=1S/C26H27N7O3S/c1-3-27-25(35)33-26-32-21-12-16(11-18(22(21)37-26)19-7-4-5-9-28-19)17-13-30-23(31-14-17)15(2)36-24(34)20-8-6-10-29-20/h4-5,7,9,11-15,20,29H,3,6,8,10H2,1-2H3,(H2,27,32,33,35). The molecular weight excluding hydrogens is 490 g/mol. The molecule has 1 aliphatic rings. The largest absolute Gasteiger partial charge is 0.453 e. The first-order chi connectivity index (χ1) is 18.0. The van der Waals surface area contributed by atoms with E-state index in [-0.39, 0.29) is 18.0 Å². The van der Waals surface area contributed by atoms with Gasteiger partial charge < -0.3 is 15.4 Å². The summed E-state index contributed by atoms with van der Waals surface area (Å²) in [5.74, 6) is 0.159. The van der Waals surface area contributed by atoms with E-state index in [1.165, 1.54) is 11.3 Å². The number of fused-ring (bicyclic) bond motifs is 1. The minimum absolute atomic E-state index is 0.260. The number of urea groups is 1. The number of ether oxygens (including phenoxy) is 1. The number of rotatable bonds is 7. The van der Waals surface area contributed by atoms with Gasteiger partial charge in [-0.3, -0.25) is 15.1 Å². The summed E-state index contributed by atoms with van der Waals surface area (Å²) in [6, 6.07) is 9.12. The maximum atomic E-state index is 12.3. The Kier molecular flexibility index (Phi) is 7.33. The molecule has 0 saturated carbocycles. The first kappa shape index (κ1) is 24.7. The van der Waals surface area contributed by atoms with Crippen molar-refractivity contribution in [3.63, 3.8) is 0 Å². The highest BCUT2D eigenvalue weighted by Gasteiger charge is 2.26. The van der Waals surface area contributed by atoms with E-state index in [1.807, 2.05) is 37.3 Å². The molecule has 3 aromatic heterocycles. The molecule has 4 aromatic rings. The highest BCUT2D eigenvalue weighted by atomic mass is 32.1. The fourth-order valence-electron chi connectivity index (χ4n) is 4.16. The minimum Gasteiger partial charge on any atom is -0.453 e. The van der Waals surface area contributed by atoms with Crippen molar-refractivity contribution in [2.24, 2.45) is 0 Å². The number of esters is 1. The van der Waals surface area contributed by atoms with Crippen LogP contribution in [0.2, 0.25) is 0 Å². The van der Waals surface area contributed by atoms with Gasteiger partial charge in [0, 0.05) is 36.3 Å². The highest BCUT2D eigenvalue weighted by molar-refractivity contribution is 7.22. The average molecular weight is 518 g/mol. The number of carbonyl (C=O) groups excluding carboxylic acids is 2. The molecule has 2 unspecified atom stereocenters. The molecule has 0 bridgehead atoms. The van der Waals surface area contributed by atoms with Crippen LogP contribution in [0.1, 0.15) is 38.6 Å². The van der Waals surface area contributed by atoms with Gasteiger partial charge in [0.15, 0.2) is 17.1 Å². The molecule has 4 heterocycles. The van der Waals surface area contributed by atoms with Crippen LogP contribution in [0.4, 0.5) is 9.93 Å². The second-order valence-electron chi connectivity index (χ2n) is 8.65. The number of thiazole rings is 1. The predicted octanol–water partition coefficient (Wildman–Crippen LogP) is 4.31. The molecule has 3 N–H and O–H groups in total. The van der Waals surface area contributed by atoms with Gasteiger partial charge in [0.1, 0.15) is 6.04 Å². The van der Waals surface area contributed by atoms with E-state index in [4.69, 9.17) is 4.74 Å². The molecule has 0 spiro atoms. The Morgan fingerprint density at radius 3 is 2.73 bits per heavy atom. The van der Waals surface area contributed by atoms with Gasteiger partial charge in [-0.25, -0.2) is 19.7 Å². The molecule has 2 amide bonds. The van der Waals surface area contributed by atoms with Crippen LogP contribution in [-0.2, 0) is 9.53 Å². The van der Waals surface area contributed by atoms with Crippen molar-refractivity contribution in [3.8, 4) is 22.4 Å². The number of amides is 2. The third-order valence-electron chi connectivity index (χ3n) is 6.00. The molecular formula is C26H27N7O3S. The molecule has 1 aromatic carbocycles. The Morgan fingerprint density at radius 2 is 2.03 bits per heavy atom. The smallest absolute Gasteiger partial charge is 0.323 e. The van der Waals surface area contributed by atoms with Crippen molar-refractivity contribution in [3.05, 3.63) is 54.7 Å². The second kappa shape index (κ2) is 11.0. The number of benzene rings is 1. The molecule has 1 saturated heterocycles. The molecule has 0 radical (unpaired) electrons. The molecule has 5 rings (SSSR count). The van der Waals surface area contributed by atoms with Crippen LogP contribution >= 0.6 is 11.3 Å². The predicted molar refractivity (Wildman–Crippen MR) is 142 cm³/mol. The SMILES string of the molecule is CCNC(=O)Nc1nc2cc(-c3cnc(C(C)OC(=O)C4CCCN4)nc3)cc(-c3ccccn3)c2s1. The number of nitrogens with one attached hydrogen (secondary N) is 3. The quantitative estimate of drug-likeness (QED) is 0.309. The Labute approximate surface area is 217 Å². The van der Waals surface area contributed by atoms with Gasteiger partial charge in [0.2, 0.25) is 0 Å². The van der Waals surface area contributed by atoms with Crippen LogP contribution in [-0.4, -0.2) is 51.1 Å². The van der Waals surface area contributed by atoms with E-state index < -0.39 is 6.10 Å². The topological polar surface area (TPSA) is 131 Å². The third kappa shape index (κ3) is 5.57. The summed E-state index contributed by atoms with van der Waals surface area (Å²) in [6.07, 6.45) is 6.35. The monoisotopic (exact) mass is 517 g/mol. The number of hydrogen-bond acceptors (Lipinski definition) is 9. The number of nitrogens with zero attached hydrogens (tertiary/aromatic N) is 4. The van der Waals surface area contributed by atoms with Crippen LogP contribution < -0.4 is 16.0 Å². The van der Waals surface area contributed by atoms with Crippen LogP contribution in [0.5, 0.6) is 0 Å². The van der Waals surface area contributed by atoms with E-state index in [1.54, 1.807) is 25.5 Å². The maximum absolute atomic E-state index is 12.3. The van der Waals surface area contributed by atoms with E-state index in [0.717, 1.165) is 52.0 Å². The van der Waals surface area contributed by atoms with Crippen LogP contribution in [0.25, 0.3) is 32.6 Å². The highest BCUT2D eigenvalue weighted by Crippen LogP contribution is 2.38. The molecule has 2 atom stereocenters. The van der Waals surface area contributed by atoms with E-state index >= 15 is 0 Å². The van der Waals surface area contributed by atoms with Crippen molar-refractivity contribution < 1.29 is 14.3 Å². The zero-order valence-electron chi connectivity index (χ0n) is 20.5. The third-order valence-corrected chi connectivity index (χ3v) is 7.02. The Morgan fingerprint density at radius 1 is 1.19 bits per heavy atom. The zero-order chi connectivity index (χ0) is 25.8. The summed E-state index contributed by atoms with van der Waals surface area (Å²) in [5, 5.41) is 9.15. The van der Waals surface area contributed by atoms with Crippen molar-refractivity contribution in [2.45, 2.75) is 38.8 Å². The lowest BCUT2D eigenvalue weighted by Crippen LogP contribution is -2.33. The molecule has 190 valence electrons. The van der Waals surface area contributed by atoms with Crippen LogP contribution in [0.3, 0.4) is 0 Å². The Balaban J connectivity index is 1.44. The van der Waals surface area contributed by atoms with E-state index in [0.29, 0.717) is 17.5 Å². The molecule has 37 heavy (non-hydrogen) atoms.